The highest BCUT2D eigenvalue weighted by Gasteiger charge is 2.40. The van der Waals surface area contributed by atoms with E-state index in [1.54, 1.807) is 12.1 Å². The first kappa shape index (κ1) is 27.0. The van der Waals surface area contributed by atoms with Crippen LogP contribution in [0.4, 0.5) is 11.4 Å². The number of β-amino-alcohol motifs (C(OH)–C–C–N with tert-alkyl or cyclic N) is 1. The predicted octanol–water partition coefficient (Wildman–Crippen LogP) is 2.56. The number of nitro benzene ring substituents is 1. The van der Waals surface area contributed by atoms with Crippen LogP contribution >= 0.6 is 0 Å². The summed E-state index contributed by atoms with van der Waals surface area (Å²) in [5, 5.41) is 54.2. The van der Waals surface area contributed by atoms with E-state index in [2.05, 4.69) is 12.2 Å². The molecular formula is C26H37N3O6. The number of likely N-dealkylation sites (tertiary alicyclic amines) is 1. The van der Waals surface area contributed by atoms with E-state index in [9.17, 15) is 30.5 Å². The third-order valence-corrected chi connectivity index (χ3v) is 6.81. The van der Waals surface area contributed by atoms with Crippen LogP contribution < -0.4 is 5.32 Å². The second-order valence-corrected chi connectivity index (χ2v) is 9.13. The molecule has 2 aromatic rings. The summed E-state index contributed by atoms with van der Waals surface area (Å²) in [6, 6.07) is 12.7. The lowest BCUT2D eigenvalue weighted by Gasteiger charge is -2.43. The maximum absolute atomic E-state index is 11.7. The number of aliphatic hydroxyl groups is 4. The second-order valence-electron chi connectivity index (χ2n) is 9.13. The molecule has 1 saturated heterocycles. The molecule has 0 saturated carbocycles. The lowest BCUT2D eigenvalue weighted by molar-refractivity contribution is -0.383. The van der Waals surface area contributed by atoms with Crippen LogP contribution in [0.15, 0.2) is 42.5 Å². The molecular weight excluding hydrogens is 450 g/mol. The van der Waals surface area contributed by atoms with Crippen molar-refractivity contribution in [1.82, 2.24) is 4.90 Å². The van der Waals surface area contributed by atoms with Crippen LogP contribution in [0.3, 0.4) is 0 Å². The van der Waals surface area contributed by atoms with Gasteiger partial charge in [0.15, 0.2) is 0 Å². The molecule has 1 fully saturated rings. The zero-order valence-corrected chi connectivity index (χ0v) is 20.2. The van der Waals surface area contributed by atoms with Gasteiger partial charge < -0.3 is 25.7 Å². The Morgan fingerprint density at radius 2 is 1.80 bits per heavy atom. The number of nitrogens with zero attached hydrogens (tertiary/aromatic N) is 2. The largest absolute Gasteiger partial charge is 0.395 e. The third kappa shape index (κ3) is 6.77. The lowest BCUT2D eigenvalue weighted by atomic mass is 9.94. The Kier molecular flexibility index (Phi) is 10.00. The number of aryl methyl sites for hydroxylation is 1. The molecule has 0 radical (unpaired) electrons. The first-order valence-corrected chi connectivity index (χ1v) is 12.4. The number of nitrogens with one attached hydrogen (secondary N) is 1. The van der Waals surface area contributed by atoms with E-state index >= 15 is 0 Å². The maximum atomic E-state index is 11.7. The Labute approximate surface area is 206 Å². The number of aliphatic hydroxyl groups excluding tert-OH is 4. The van der Waals surface area contributed by atoms with Crippen LogP contribution in [0.5, 0.6) is 0 Å². The minimum atomic E-state index is -1.24. The molecule has 5 N–H and O–H groups in total. The minimum Gasteiger partial charge on any atom is -0.395 e. The zero-order chi connectivity index (χ0) is 25.4. The molecule has 192 valence electrons. The summed E-state index contributed by atoms with van der Waals surface area (Å²) in [5.41, 5.74) is 3.57. The van der Waals surface area contributed by atoms with Crippen molar-refractivity contribution in [2.45, 2.75) is 63.4 Å². The van der Waals surface area contributed by atoms with E-state index in [4.69, 9.17) is 0 Å². The van der Waals surface area contributed by atoms with Gasteiger partial charge in [0.25, 0.3) is 5.69 Å². The van der Waals surface area contributed by atoms with Gasteiger partial charge in [0.2, 0.25) is 0 Å². The quantitative estimate of drug-likeness (QED) is 0.175. The Morgan fingerprint density at radius 3 is 2.51 bits per heavy atom. The van der Waals surface area contributed by atoms with Crippen LogP contribution in [-0.2, 0) is 6.42 Å². The molecule has 2 aromatic carbocycles. The maximum Gasteiger partial charge on any atom is 0.292 e. The number of nitro groups is 1. The summed E-state index contributed by atoms with van der Waals surface area (Å²) in [6.45, 7) is 3.21. The molecule has 9 nitrogen and oxygen atoms in total. The van der Waals surface area contributed by atoms with Gasteiger partial charge in [0, 0.05) is 19.2 Å². The van der Waals surface area contributed by atoms with Crippen molar-refractivity contribution < 1.29 is 25.3 Å². The van der Waals surface area contributed by atoms with E-state index < -0.39 is 24.4 Å². The van der Waals surface area contributed by atoms with E-state index in [1.165, 1.54) is 0 Å². The van der Waals surface area contributed by atoms with E-state index in [1.807, 2.05) is 35.2 Å². The Bertz CT molecular complexity index is 972. The SMILES string of the molecule is CCc1ccccc1-c1ccc(NCCCCCCN2C[C@H](O)[C@@H](O)[C@H](O)[C@H]2CO)c([N+](=O)[O-])c1. The number of anilines is 1. The van der Waals surface area contributed by atoms with Gasteiger partial charge in [-0.25, -0.2) is 0 Å². The minimum absolute atomic E-state index is 0.0628. The van der Waals surface area contributed by atoms with E-state index in [-0.39, 0.29) is 23.8 Å². The van der Waals surface area contributed by atoms with Crippen LogP contribution in [-0.4, -0.2) is 80.8 Å². The average molecular weight is 488 g/mol. The van der Waals surface area contributed by atoms with Crippen molar-refractivity contribution in [2.75, 3.05) is 31.6 Å². The van der Waals surface area contributed by atoms with Crippen molar-refractivity contribution in [1.29, 1.82) is 0 Å². The fourth-order valence-corrected chi connectivity index (χ4v) is 4.76. The molecule has 0 aromatic heterocycles. The van der Waals surface area contributed by atoms with Crippen molar-refractivity contribution in [3.63, 3.8) is 0 Å². The van der Waals surface area contributed by atoms with E-state index in [0.717, 1.165) is 48.8 Å². The molecule has 1 aliphatic heterocycles. The normalized spacial score (nSPS) is 22.8. The van der Waals surface area contributed by atoms with Crippen molar-refractivity contribution >= 4 is 11.4 Å². The number of hydrogen-bond donors (Lipinski definition) is 5. The molecule has 0 unspecified atom stereocenters. The van der Waals surface area contributed by atoms with Crippen molar-refractivity contribution in [3.05, 3.63) is 58.1 Å². The first-order valence-electron chi connectivity index (χ1n) is 12.4. The molecule has 1 aliphatic rings. The van der Waals surface area contributed by atoms with Crippen LogP contribution in [0.1, 0.15) is 38.2 Å². The predicted molar refractivity (Wildman–Crippen MR) is 135 cm³/mol. The fraction of sp³-hybridized carbons (Fsp3) is 0.538. The van der Waals surface area contributed by atoms with Gasteiger partial charge in [-0.1, -0.05) is 50.1 Å². The summed E-state index contributed by atoms with van der Waals surface area (Å²) in [4.78, 5) is 13.2. The smallest absolute Gasteiger partial charge is 0.292 e. The zero-order valence-electron chi connectivity index (χ0n) is 20.2. The molecule has 0 aliphatic carbocycles. The number of unbranched alkanes of at least 4 members (excludes halogenated alkanes) is 3. The monoisotopic (exact) mass is 487 g/mol. The molecule has 0 amide bonds. The average Bonchev–Trinajstić information content (AvgIpc) is 2.86. The molecule has 9 heteroatoms. The molecule has 3 rings (SSSR count). The molecule has 0 bridgehead atoms. The third-order valence-electron chi connectivity index (χ3n) is 6.81. The molecule has 4 atom stereocenters. The summed E-state index contributed by atoms with van der Waals surface area (Å²) < 4.78 is 0. The Hall–Kier alpha value is -2.56. The number of piperidine rings is 1. The van der Waals surface area contributed by atoms with Gasteiger partial charge in [-0.15, -0.1) is 0 Å². The van der Waals surface area contributed by atoms with Crippen molar-refractivity contribution in [2.24, 2.45) is 0 Å². The number of benzene rings is 2. The first-order chi connectivity index (χ1) is 16.9. The standard InChI is InChI=1S/C26H37N3O6/c1-2-18-9-5-6-10-20(18)19-11-12-21(22(15-19)29(34)35)27-13-7-3-4-8-14-28-16-24(31)26(33)25(32)23(28)17-30/h5-6,9-12,15,23-27,30-33H,2-4,7-8,13-14,16-17H2,1H3/t23-,24+,25-,26-/m1/s1. The van der Waals surface area contributed by atoms with Crippen molar-refractivity contribution in [3.8, 4) is 11.1 Å². The number of hydrogen-bond acceptors (Lipinski definition) is 8. The van der Waals surface area contributed by atoms with Gasteiger partial charge in [-0.3, -0.25) is 15.0 Å². The molecule has 0 spiro atoms. The van der Waals surface area contributed by atoms with Gasteiger partial charge in [-0.2, -0.15) is 0 Å². The Morgan fingerprint density at radius 1 is 1.06 bits per heavy atom. The summed E-state index contributed by atoms with van der Waals surface area (Å²) in [6.07, 6.45) is 0.872. The van der Waals surface area contributed by atoms with Crippen LogP contribution in [0.2, 0.25) is 0 Å². The van der Waals surface area contributed by atoms with Gasteiger partial charge in [0.1, 0.15) is 17.9 Å². The topological polar surface area (TPSA) is 139 Å². The second kappa shape index (κ2) is 12.9. The Balaban J connectivity index is 1.47. The summed E-state index contributed by atoms with van der Waals surface area (Å²) >= 11 is 0. The highest BCUT2D eigenvalue weighted by molar-refractivity contribution is 5.75. The fourth-order valence-electron chi connectivity index (χ4n) is 4.76. The molecule has 35 heavy (non-hydrogen) atoms. The number of rotatable bonds is 12. The molecule has 1 heterocycles. The van der Waals surface area contributed by atoms with Gasteiger partial charge in [-0.05, 0) is 48.6 Å². The van der Waals surface area contributed by atoms with Gasteiger partial charge in [0.05, 0.1) is 23.7 Å². The van der Waals surface area contributed by atoms with Gasteiger partial charge >= 0.3 is 0 Å². The highest BCUT2D eigenvalue weighted by Crippen LogP contribution is 2.32. The van der Waals surface area contributed by atoms with Crippen LogP contribution in [0.25, 0.3) is 11.1 Å². The van der Waals surface area contributed by atoms with Crippen LogP contribution in [0, 0.1) is 10.1 Å². The summed E-state index contributed by atoms with van der Waals surface area (Å²) in [5.74, 6) is 0. The summed E-state index contributed by atoms with van der Waals surface area (Å²) in [7, 11) is 0. The lowest BCUT2D eigenvalue weighted by Crippen LogP contribution is -2.62. The highest BCUT2D eigenvalue weighted by atomic mass is 16.6. The van der Waals surface area contributed by atoms with E-state index in [0.29, 0.717) is 18.8 Å².